The summed E-state index contributed by atoms with van der Waals surface area (Å²) in [6.45, 7) is 1.77. The van der Waals surface area contributed by atoms with E-state index in [1.54, 1.807) is 0 Å². The van der Waals surface area contributed by atoms with E-state index in [2.05, 4.69) is 17.0 Å². The normalized spacial score (nSPS) is 14.6. The van der Waals surface area contributed by atoms with Crippen molar-refractivity contribution in [2.45, 2.75) is 32.0 Å². The molecule has 0 bridgehead atoms. The van der Waals surface area contributed by atoms with Crippen LogP contribution in [0.25, 0.3) is 0 Å². The fourth-order valence-electron chi connectivity index (χ4n) is 2.48. The van der Waals surface area contributed by atoms with Crippen LogP contribution < -0.4 is 5.73 Å². The van der Waals surface area contributed by atoms with E-state index in [9.17, 15) is 0 Å². The molecule has 2 aromatic carbocycles. The van der Waals surface area contributed by atoms with E-state index in [0.29, 0.717) is 11.1 Å². The van der Waals surface area contributed by atoms with E-state index in [1.165, 1.54) is 18.4 Å². The molecule has 1 aliphatic carbocycles. The van der Waals surface area contributed by atoms with Gasteiger partial charge in [-0.05, 0) is 48.2 Å². The van der Waals surface area contributed by atoms with Gasteiger partial charge in [-0.1, -0.05) is 41.4 Å². The van der Waals surface area contributed by atoms with Crippen LogP contribution in [0.2, 0.25) is 10.0 Å². The predicted molar refractivity (Wildman–Crippen MR) is 89.6 cm³/mol. The number of rotatable bonds is 5. The van der Waals surface area contributed by atoms with Crippen molar-refractivity contribution in [2.24, 2.45) is 0 Å². The maximum absolute atomic E-state index is 6.29. The minimum absolute atomic E-state index is 0.661. The molecule has 2 N–H and O–H groups in total. The summed E-state index contributed by atoms with van der Waals surface area (Å²) in [7, 11) is 0. The Morgan fingerprint density at radius 2 is 1.71 bits per heavy atom. The summed E-state index contributed by atoms with van der Waals surface area (Å²) in [6, 6.07) is 14.5. The van der Waals surface area contributed by atoms with Gasteiger partial charge in [-0.25, -0.2) is 0 Å². The summed E-state index contributed by atoms with van der Waals surface area (Å²) in [6.07, 6.45) is 2.53. The highest BCUT2D eigenvalue weighted by Gasteiger charge is 2.29. The molecule has 1 fully saturated rings. The number of nitrogen functional groups attached to an aromatic ring is 1. The van der Waals surface area contributed by atoms with Crippen LogP contribution >= 0.6 is 23.2 Å². The summed E-state index contributed by atoms with van der Waals surface area (Å²) in [5.41, 5.74) is 8.95. The second kappa shape index (κ2) is 6.27. The summed E-state index contributed by atoms with van der Waals surface area (Å²) >= 11 is 12.3. The van der Waals surface area contributed by atoms with Gasteiger partial charge in [0.05, 0.1) is 0 Å². The van der Waals surface area contributed by atoms with Crippen LogP contribution in [0.3, 0.4) is 0 Å². The van der Waals surface area contributed by atoms with Crippen molar-refractivity contribution >= 4 is 28.9 Å². The van der Waals surface area contributed by atoms with Crippen molar-refractivity contribution in [3.63, 3.8) is 0 Å². The zero-order chi connectivity index (χ0) is 14.8. The molecule has 21 heavy (non-hydrogen) atoms. The number of hydrogen-bond acceptors (Lipinski definition) is 2. The molecule has 3 rings (SSSR count). The highest BCUT2D eigenvalue weighted by atomic mass is 35.5. The van der Waals surface area contributed by atoms with Crippen molar-refractivity contribution in [1.82, 2.24) is 4.90 Å². The van der Waals surface area contributed by atoms with Gasteiger partial charge in [0, 0.05) is 34.9 Å². The monoisotopic (exact) mass is 320 g/mol. The largest absolute Gasteiger partial charge is 0.399 e. The predicted octanol–water partition coefficient (Wildman–Crippen LogP) is 4.74. The molecule has 4 heteroatoms. The lowest BCUT2D eigenvalue weighted by Gasteiger charge is -2.23. The third kappa shape index (κ3) is 3.91. The van der Waals surface area contributed by atoms with Crippen LogP contribution in [0, 0.1) is 0 Å². The van der Waals surface area contributed by atoms with Crippen molar-refractivity contribution < 1.29 is 0 Å². The standard InChI is InChI=1S/C17H18Cl2N2/c18-14-4-3-13(17(19)9-14)11-21(16-7-8-16)10-12-1-5-15(20)6-2-12/h1-6,9,16H,7-8,10-11,20H2. The van der Waals surface area contributed by atoms with Crippen LogP contribution in [0.1, 0.15) is 24.0 Å². The highest BCUT2D eigenvalue weighted by Crippen LogP contribution is 2.31. The van der Waals surface area contributed by atoms with Gasteiger partial charge in [0.25, 0.3) is 0 Å². The van der Waals surface area contributed by atoms with E-state index in [0.717, 1.165) is 29.4 Å². The molecule has 2 nitrogen and oxygen atoms in total. The number of halogens is 2. The summed E-state index contributed by atoms with van der Waals surface area (Å²) in [4.78, 5) is 2.47. The molecular formula is C17H18Cl2N2. The molecule has 0 aliphatic heterocycles. The molecule has 0 unspecified atom stereocenters. The SMILES string of the molecule is Nc1ccc(CN(Cc2ccc(Cl)cc2Cl)C2CC2)cc1. The Kier molecular flexibility index (Phi) is 4.39. The zero-order valence-electron chi connectivity index (χ0n) is 11.7. The molecule has 0 spiro atoms. The maximum Gasteiger partial charge on any atom is 0.0465 e. The Morgan fingerprint density at radius 3 is 2.33 bits per heavy atom. The minimum atomic E-state index is 0.661. The molecule has 0 aromatic heterocycles. The first-order valence-electron chi connectivity index (χ1n) is 7.14. The molecule has 2 aromatic rings. The average molecular weight is 321 g/mol. The lowest BCUT2D eigenvalue weighted by Crippen LogP contribution is -2.25. The molecule has 0 atom stereocenters. The second-order valence-corrected chi connectivity index (χ2v) is 6.46. The van der Waals surface area contributed by atoms with E-state index in [4.69, 9.17) is 28.9 Å². The van der Waals surface area contributed by atoms with Gasteiger partial charge in [0.15, 0.2) is 0 Å². The summed E-state index contributed by atoms with van der Waals surface area (Å²) in [5, 5.41) is 1.42. The first-order valence-corrected chi connectivity index (χ1v) is 7.90. The molecule has 1 saturated carbocycles. The number of benzene rings is 2. The van der Waals surface area contributed by atoms with Crippen molar-refractivity contribution in [3.05, 3.63) is 63.6 Å². The average Bonchev–Trinajstić information content (AvgIpc) is 3.28. The molecule has 0 heterocycles. The Bertz CT molecular complexity index is 621. The fourth-order valence-corrected chi connectivity index (χ4v) is 2.95. The van der Waals surface area contributed by atoms with Crippen LogP contribution in [0.15, 0.2) is 42.5 Å². The third-order valence-corrected chi connectivity index (χ3v) is 4.40. The smallest absolute Gasteiger partial charge is 0.0465 e. The van der Waals surface area contributed by atoms with Crippen LogP contribution in [-0.2, 0) is 13.1 Å². The van der Waals surface area contributed by atoms with Gasteiger partial charge < -0.3 is 5.73 Å². The van der Waals surface area contributed by atoms with Crippen molar-refractivity contribution in [2.75, 3.05) is 5.73 Å². The fraction of sp³-hybridized carbons (Fsp3) is 0.294. The Balaban J connectivity index is 1.74. The van der Waals surface area contributed by atoms with Crippen LogP contribution in [0.5, 0.6) is 0 Å². The van der Waals surface area contributed by atoms with Gasteiger partial charge in [-0.3, -0.25) is 4.90 Å². The maximum atomic E-state index is 6.29. The van der Waals surface area contributed by atoms with E-state index < -0.39 is 0 Å². The van der Waals surface area contributed by atoms with E-state index in [-0.39, 0.29) is 0 Å². The first kappa shape index (κ1) is 14.7. The quantitative estimate of drug-likeness (QED) is 0.806. The van der Waals surface area contributed by atoms with Crippen LogP contribution in [-0.4, -0.2) is 10.9 Å². The number of nitrogens with zero attached hydrogens (tertiary/aromatic N) is 1. The minimum Gasteiger partial charge on any atom is -0.399 e. The number of nitrogens with two attached hydrogens (primary N) is 1. The molecule has 0 saturated heterocycles. The summed E-state index contributed by atoms with van der Waals surface area (Å²) < 4.78 is 0. The zero-order valence-corrected chi connectivity index (χ0v) is 13.2. The molecule has 1 aliphatic rings. The Morgan fingerprint density at radius 1 is 1.00 bits per heavy atom. The topological polar surface area (TPSA) is 29.3 Å². The van der Waals surface area contributed by atoms with Gasteiger partial charge in [-0.2, -0.15) is 0 Å². The molecular weight excluding hydrogens is 303 g/mol. The molecule has 0 amide bonds. The Hall–Kier alpha value is -1.22. The molecule has 110 valence electrons. The Labute approximate surface area is 135 Å². The van der Waals surface area contributed by atoms with Gasteiger partial charge in [0.2, 0.25) is 0 Å². The van der Waals surface area contributed by atoms with Gasteiger partial charge >= 0.3 is 0 Å². The van der Waals surface area contributed by atoms with Crippen LogP contribution in [0.4, 0.5) is 5.69 Å². The number of hydrogen-bond donors (Lipinski definition) is 1. The van der Waals surface area contributed by atoms with E-state index in [1.807, 2.05) is 30.3 Å². The van der Waals surface area contributed by atoms with Crippen molar-refractivity contribution in [1.29, 1.82) is 0 Å². The van der Waals surface area contributed by atoms with Crippen molar-refractivity contribution in [3.8, 4) is 0 Å². The highest BCUT2D eigenvalue weighted by molar-refractivity contribution is 6.35. The third-order valence-electron chi connectivity index (χ3n) is 3.82. The van der Waals surface area contributed by atoms with Gasteiger partial charge in [0.1, 0.15) is 0 Å². The van der Waals surface area contributed by atoms with Gasteiger partial charge in [-0.15, -0.1) is 0 Å². The number of anilines is 1. The van der Waals surface area contributed by atoms with E-state index >= 15 is 0 Å². The first-order chi connectivity index (χ1) is 10.1. The summed E-state index contributed by atoms with van der Waals surface area (Å²) in [5.74, 6) is 0. The lowest BCUT2D eigenvalue weighted by atomic mass is 10.1. The lowest BCUT2D eigenvalue weighted by molar-refractivity contribution is 0.246. The molecule has 0 radical (unpaired) electrons. The second-order valence-electron chi connectivity index (χ2n) is 5.61.